The zero-order chi connectivity index (χ0) is 4.99. The van der Waals surface area contributed by atoms with Crippen LogP contribution in [0, 0.1) is 0 Å². The van der Waals surface area contributed by atoms with E-state index in [2.05, 4.69) is 23.1 Å². The van der Waals surface area contributed by atoms with Crippen LogP contribution >= 0.6 is 24.6 Å². The van der Waals surface area contributed by atoms with Gasteiger partial charge in [-0.2, -0.15) is 0 Å². The molecule has 0 bridgehead atoms. The maximum absolute atomic E-state index is 4.75. The van der Waals surface area contributed by atoms with Gasteiger partial charge >= 0.3 is 0 Å². The summed E-state index contributed by atoms with van der Waals surface area (Å²) in [6.07, 6.45) is 0. The SMILES string of the molecule is Cl.NNC(=S)NN. The lowest BCUT2D eigenvalue weighted by Gasteiger charge is -1.95. The molecule has 0 aromatic heterocycles. The largest absolute Gasteiger partial charge is 0.300 e. The quantitative estimate of drug-likeness (QED) is 0.191. The van der Waals surface area contributed by atoms with E-state index in [1.807, 2.05) is 0 Å². The summed E-state index contributed by atoms with van der Waals surface area (Å²) in [6, 6.07) is 0. The Labute approximate surface area is 53.0 Å². The lowest BCUT2D eigenvalue weighted by atomic mass is 11.2. The standard InChI is InChI=1S/CH6N4S.ClH/c2-4-1(6)5-3;/h2-3H2,(H2,4,5,6);1H. The third-order valence-corrected chi connectivity index (χ3v) is 0.498. The zero-order valence-corrected chi connectivity index (χ0v) is 5.10. The van der Waals surface area contributed by atoms with Crippen molar-refractivity contribution in [1.29, 1.82) is 0 Å². The van der Waals surface area contributed by atoms with Crippen LogP contribution in [0.25, 0.3) is 0 Å². The molecule has 0 saturated heterocycles. The van der Waals surface area contributed by atoms with Crippen molar-refractivity contribution in [2.75, 3.05) is 0 Å². The highest BCUT2D eigenvalue weighted by Crippen LogP contribution is 1.47. The molecule has 0 aromatic carbocycles. The summed E-state index contributed by atoms with van der Waals surface area (Å²) >= 11 is 4.38. The molecule has 0 heterocycles. The lowest BCUT2D eigenvalue weighted by Crippen LogP contribution is -2.43. The van der Waals surface area contributed by atoms with E-state index < -0.39 is 0 Å². The van der Waals surface area contributed by atoms with Gasteiger partial charge in [0.15, 0.2) is 5.11 Å². The minimum atomic E-state index is 0. The molecule has 44 valence electrons. The zero-order valence-electron chi connectivity index (χ0n) is 3.47. The maximum atomic E-state index is 4.75. The highest BCUT2D eigenvalue weighted by atomic mass is 35.5. The highest BCUT2D eigenvalue weighted by Gasteiger charge is 1.76. The van der Waals surface area contributed by atoms with Crippen LogP contribution in [0.2, 0.25) is 0 Å². The molecule has 0 aliphatic heterocycles. The summed E-state index contributed by atoms with van der Waals surface area (Å²) in [6.45, 7) is 0. The van der Waals surface area contributed by atoms with E-state index in [4.69, 9.17) is 11.7 Å². The van der Waals surface area contributed by atoms with E-state index in [0.29, 0.717) is 0 Å². The molecule has 0 fully saturated rings. The average Bonchev–Trinajstić information content (AvgIpc) is 1.65. The Morgan fingerprint density at radius 1 is 1.29 bits per heavy atom. The molecule has 0 saturated carbocycles. The summed E-state index contributed by atoms with van der Waals surface area (Å²) in [7, 11) is 0. The molecule has 0 atom stereocenters. The van der Waals surface area contributed by atoms with Crippen LogP contribution < -0.4 is 22.5 Å². The molecule has 0 aliphatic carbocycles. The summed E-state index contributed by atoms with van der Waals surface area (Å²) < 4.78 is 0. The third kappa shape index (κ3) is 5.90. The van der Waals surface area contributed by atoms with Gasteiger partial charge in [-0.3, -0.25) is 10.9 Å². The second-order valence-corrected chi connectivity index (χ2v) is 1.03. The van der Waals surface area contributed by atoms with Crippen LogP contribution in [-0.4, -0.2) is 5.11 Å². The molecule has 0 aromatic rings. The predicted octanol–water partition coefficient (Wildman–Crippen LogP) is -1.38. The Bertz CT molecular complexity index is 49.7. The van der Waals surface area contributed by atoms with Crippen molar-refractivity contribution in [2.24, 2.45) is 11.7 Å². The van der Waals surface area contributed by atoms with E-state index in [9.17, 15) is 0 Å². The highest BCUT2D eigenvalue weighted by molar-refractivity contribution is 7.80. The van der Waals surface area contributed by atoms with Crippen molar-refractivity contribution in [3.63, 3.8) is 0 Å². The van der Waals surface area contributed by atoms with Crippen molar-refractivity contribution in [1.82, 2.24) is 10.9 Å². The van der Waals surface area contributed by atoms with Gasteiger partial charge in [0, 0.05) is 0 Å². The molecule has 6 N–H and O–H groups in total. The van der Waals surface area contributed by atoms with Crippen LogP contribution in [0.4, 0.5) is 0 Å². The van der Waals surface area contributed by atoms with Gasteiger partial charge in [-0.25, -0.2) is 11.7 Å². The van der Waals surface area contributed by atoms with Gasteiger partial charge in [-0.1, -0.05) is 0 Å². The van der Waals surface area contributed by atoms with E-state index in [1.165, 1.54) is 0 Å². The first-order valence-electron chi connectivity index (χ1n) is 1.28. The Balaban J connectivity index is 0. The number of hydrazine groups is 2. The Hall–Kier alpha value is -0.100. The number of thiocarbonyl (C=S) groups is 1. The topological polar surface area (TPSA) is 76.1 Å². The first kappa shape index (κ1) is 10.0. The molecule has 0 radical (unpaired) electrons. The van der Waals surface area contributed by atoms with Gasteiger partial charge in [0.05, 0.1) is 0 Å². The van der Waals surface area contributed by atoms with Crippen LogP contribution in [0.1, 0.15) is 0 Å². The van der Waals surface area contributed by atoms with Crippen molar-refractivity contribution in [2.45, 2.75) is 0 Å². The number of hydrogen-bond acceptors (Lipinski definition) is 3. The van der Waals surface area contributed by atoms with E-state index in [-0.39, 0.29) is 17.5 Å². The monoisotopic (exact) mass is 142 g/mol. The Morgan fingerprint density at radius 2 is 1.57 bits per heavy atom. The molecule has 7 heavy (non-hydrogen) atoms. The van der Waals surface area contributed by atoms with Crippen LogP contribution in [0.3, 0.4) is 0 Å². The van der Waals surface area contributed by atoms with Gasteiger partial charge in [-0.05, 0) is 12.2 Å². The summed E-state index contributed by atoms with van der Waals surface area (Å²) in [5, 5.41) is 0.231. The first-order valence-corrected chi connectivity index (χ1v) is 1.69. The van der Waals surface area contributed by atoms with Crippen LogP contribution in [0.15, 0.2) is 0 Å². The fourth-order valence-corrected chi connectivity index (χ4v) is 0.0417. The summed E-state index contributed by atoms with van der Waals surface area (Å²) in [5.41, 5.74) is 4.22. The minimum Gasteiger partial charge on any atom is -0.300 e. The molecule has 4 nitrogen and oxygen atoms in total. The van der Waals surface area contributed by atoms with Crippen molar-refractivity contribution < 1.29 is 0 Å². The molecule has 0 amide bonds. The maximum Gasteiger partial charge on any atom is 0.194 e. The Morgan fingerprint density at radius 3 is 1.57 bits per heavy atom. The lowest BCUT2D eigenvalue weighted by molar-refractivity contribution is 0.926. The minimum absolute atomic E-state index is 0. The normalized spacial score (nSPS) is 6.00. The van der Waals surface area contributed by atoms with E-state index in [0.717, 1.165) is 0 Å². The van der Waals surface area contributed by atoms with E-state index in [1.54, 1.807) is 0 Å². The smallest absolute Gasteiger partial charge is 0.194 e. The second-order valence-electron chi connectivity index (χ2n) is 0.618. The van der Waals surface area contributed by atoms with Gasteiger partial charge in [0.1, 0.15) is 0 Å². The number of hydrogen-bond donors (Lipinski definition) is 4. The van der Waals surface area contributed by atoms with E-state index >= 15 is 0 Å². The molecule has 0 spiro atoms. The fraction of sp³-hybridized carbons (Fsp3) is 0. The fourth-order valence-electron chi connectivity index (χ4n) is 0.0417. The molecule has 0 aliphatic rings. The number of nitrogens with one attached hydrogen (secondary N) is 2. The average molecular weight is 143 g/mol. The second kappa shape index (κ2) is 5.90. The molecule has 0 unspecified atom stereocenters. The number of nitrogens with two attached hydrogens (primary N) is 2. The van der Waals surface area contributed by atoms with Gasteiger partial charge in [-0.15, -0.1) is 12.4 Å². The Kier molecular flexibility index (Phi) is 8.43. The summed E-state index contributed by atoms with van der Waals surface area (Å²) in [5.74, 6) is 9.50. The van der Waals surface area contributed by atoms with Crippen molar-refractivity contribution in [3.05, 3.63) is 0 Å². The van der Waals surface area contributed by atoms with Crippen molar-refractivity contribution >= 4 is 29.7 Å². The summed E-state index contributed by atoms with van der Waals surface area (Å²) in [4.78, 5) is 0. The van der Waals surface area contributed by atoms with Gasteiger partial charge in [0.2, 0.25) is 0 Å². The van der Waals surface area contributed by atoms with Crippen molar-refractivity contribution in [3.8, 4) is 0 Å². The van der Waals surface area contributed by atoms with Crippen LogP contribution in [-0.2, 0) is 0 Å². The number of halogens is 1. The third-order valence-electron chi connectivity index (χ3n) is 0.262. The molecular weight excluding hydrogens is 136 g/mol. The molecular formula is CH7ClN4S. The number of rotatable bonds is 0. The molecule has 6 heteroatoms. The first-order chi connectivity index (χ1) is 2.81. The van der Waals surface area contributed by atoms with Gasteiger partial charge < -0.3 is 0 Å². The van der Waals surface area contributed by atoms with Crippen LogP contribution in [0.5, 0.6) is 0 Å². The van der Waals surface area contributed by atoms with Gasteiger partial charge in [0.25, 0.3) is 0 Å². The predicted molar refractivity (Wildman–Crippen MR) is 34.5 cm³/mol. The molecule has 0 rings (SSSR count).